The van der Waals surface area contributed by atoms with Gasteiger partial charge in [-0.1, -0.05) is 6.92 Å². The lowest BCUT2D eigenvalue weighted by Crippen LogP contribution is -2.21. The van der Waals surface area contributed by atoms with Gasteiger partial charge in [0, 0.05) is 24.7 Å². The molecule has 102 valence electrons. The van der Waals surface area contributed by atoms with Crippen LogP contribution in [-0.2, 0) is 18.5 Å². The number of anilines is 1. The highest BCUT2D eigenvalue weighted by molar-refractivity contribution is 5.38. The van der Waals surface area contributed by atoms with E-state index in [-0.39, 0.29) is 5.54 Å². The first-order valence-corrected chi connectivity index (χ1v) is 6.58. The zero-order valence-electron chi connectivity index (χ0n) is 12.0. The molecule has 5 heteroatoms. The number of rotatable bonds is 4. The van der Waals surface area contributed by atoms with Gasteiger partial charge < -0.3 is 5.32 Å². The maximum Gasteiger partial charge on any atom is 0.128 e. The number of aromatic nitrogens is 4. The molecule has 0 saturated heterocycles. The summed E-state index contributed by atoms with van der Waals surface area (Å²) in [5, 5.41) is 7.67. The lowest BCUT2D eigenvalue weighted by Gasteiger charge is -2.18. The minimum absolute atomic E-state index is 0.0180. The molecule has 0 spiro atoms. The fraction of sp³-hybridized carbons (Fsp3) is 0.500. The van der Waals surface area contributed by atoms with Crippen LogP contribution < -0.4 is 5.32 Å². The van der Waals surface area contributed by atoms with Crippen molar-refractivity contribution < 1.29 is 0 Å². The Bertz CT molecular complexity index is 522. The first kappa shape index (κ1) is 13.5. The van der Waals surface area contributed by atoms with Gasteiger partial charge in [-0.05, 0) is 20.8 Å². The highest BCUT2D eigenvalue weighted by Gasteiger charge is 2.13. The van der Waals surface area contributed by atoms with Crippen LogP contribution in [0.3, 0.4) is 0 Å². The fourth-order valence-electron chi connectivity index (χ4n) is 1.65. The summed E-state index contributed by atoms with van der Waals surface area (Å²) in [7, 11) is 0. The van der Waals surface area contributed by atoms with E-state index in [9.17, 15) is 0 Å². The molecule has 0 radical (unpaired) electrons. The molecule has 0 aliphatic carbocycles. The Morgan fingerprint density at radius 2 is 1.84 bits per heavy atom. The summed E-state index contributed by atoms with van der Waals surface area (Å²) in [5.74, 6) is 0.867. The van der Waals surface area contributed by atoms with Gasteiger partial charge in [0.15, 0.2) is 0 Å². The first-order chi connectivity index (χ1) is 8.99. The molecule has 2 rings (SSSR count). The van der Waals surface area contributed by atoms with Crippen LogP contribution in [0.4, 0.5) is 5.69 Å². The van der Waals surface area contributed by atoms with Gasteiger partial charge >= 0.3 is 0 Å². The Kier molecular flexibility index (Phi) is 3.83. The summed E-state index contributed by atoms with van der Waals surface area (Å²) in [6, 6.07) is 0. The average molecular weight is 259 g/mol. The Morgan fingerprint density at radius 3 is 2.37 bits per heavy atom. The van der Waals surface area contributed by atoms with Crippen molar-refractivity contribution >= 4 is 5.69 Å². The third-order valence-electron chi connectivity index (χ3n) is 2.84. The summed E-state index contributed by atoms with van der Waals surface area (Å²) in [5.41, 5.74) is 2.10. The monoisotopic (exact) mass is 259 g/mol. The smallest absolute Gasteiger partial charge is 0.128 e. The topological polar surface area (TPSA) is 55.6 Å². The van der Waals surface area contributed by atoms with Crippen molar-refractivity contribution in [2.45, 2.75) is 46.2 Å². The van der Waals surface area contributed by atoms with E-state index >= 15 is 0 Å². The van der Waals surface area contributed by atoms with Gasteiger partial charge in [0.25, 0.3) is 0 Å². The highest BCUT2D eigenvalue weighted by Crippen LogP contribution is 2.14. The van der Waals surface area contributed by atoms with Crippen LogP contribution >= 0.6 is 0 Å². The Morgan fingerprint density at radius 1 is 1.16 bits per heavy atom. The SMILES string of the molecule is CCc1ncc(NCc2cnn(C(C)(C)C)c2)cn1. The molecule has 0 atom stereocenters. The van der Waals surface area contributed by atoms with Crippen molar-refractivity contribution in [1.29, 1.82) is 0 Å². The lowest BCUT2D eigenvalue weighted by atomic mass is 10.1. The van der Waals surface area contributed by atoms with Crippen molar-refractivity contribution in [3.63, 3.8) is 0 Å². The molecule has 1 N–H and O–H groups in total. The molecule has 0 fully saturated rings. The average Bonchev–Trinajstić information content (AvgIpc) is 2.86. The third kappa shape index (κ3) is 3.53. The molecular weight excluding hydrogens is 238 g/mol. The van der Waals surface area contributed by atoms with Crippen molar-refractivity contribution in [2.24, 2.45) is 0 Å². The third-order valence-corrected chi connectivity index (χ3v) is 2.84. The second kappa shape index (κ2) is 5.38. The van der Waals surface area contributed by atoms with E-state index in [0.717, 1.165) is 30.0 Å². The minimum Gasteiger partial charge on any atom is -0.378 e. The van der Waals surface area contributed by atoms with E-state index in [4.69, 9.17) is 0 Å². The van der Waals surface area contributed by atoms with Crippen molar-refractivity contribution in [1.82, 2.24) is 19.7 Å². The van der Waals surface area contributed by atoms with Crippen LogP contribution in [0.15, 0.2) is 24.8 Å². The molecule has 0 aliphatic rings. The van der Waals surface area contributed by atoms with E-state index < -0.39 is 0 Å². The second-order valence-corrected chi connectivity index (χ2v) is 5.56. The molecule has 0 aromatic carbocycles. The lowest BCUT2D eigenvalue weighted by molar-refractivity contribution is 0.355. The molecule has 5 nitrogen and oxygen atoms in total. The van der Waals surface area contributed by atoms with Gasteiger partial charge in [0.1, 0.15) is 5.82 Å². The van der Waals surface area contributed by atoms with E-state index in [1.807, 2.05) is 30.2 Å². The second-order valence-electron chi connectivity index (χ2n) is 5.56. The molecule has 2 aromatic heterocycles. The Balaban J connectivity index is 1.96. The Labute approximate surface area is 114 Å². The van der Waals surface area contributed by atoms with Gasteiger partial charge in [-0.25, -0.2) is 9.97 Å². The largest absolute Gasteiger partial charge is 0.378 e. The fourth-order valence-corrected chi connectivity index (χ4v) is 1.65. The van der Waals surface area contributed by atoms with Crippen LogP contribution in [-0.4, -0.2) is 19.7 Å². The number of hydrogen-bond donors (Lipinski definition) is 1. The van der Waals surface area contributed by atoms with Crippen molar-refractivity contribution in [2.75, 3.05) is 5.32 Å². The molecule has 2 heterocycles. The molecule has 0 amide bonds. The van der Waals surface area contributed by atoms with Crippen LogP contribution in [0.1, 0.15) is 39.1 Å². The van der Waals surface area contributed by atoms with Crippen molar-refractivity contribution in [3.05, 3.63) is 36.2 Å². The van der Waals surface area contributed by atoms with E-state index in [2.05, 4.69) is 47.4 Å². The van der Waals surface area contributed by atoms with Gasteiger partial charge in [-0.3, -0.25) is 4.68 Å². The molecule has 0 saturated carbocycles. The summed E-state index contributed by atoms with van der Waals surface area (Å²) in [6.07, 6.45) is 8.45. The van der Waals surface area contributed by atoms with Crippen molar-refractivity contribution in [3.8, 4) is 0 Å². The number of nitrogens with one attached hydrogen (secondary N) is 1. The summed E-state index contributed by atoms with van der Waals surface area (Å²) in [4.78, 5) is 8.52. The van der Waals surface area contributed by atoms with E-state index in [1.165, 1.54) is 0 Å². The summed E-state index contributed by atoms with van der Waals surface area (Å²) in [6.45, 7) is 9.17. The van der Waals surface area contributed by atoms with Gasteiger partial charge in [0.2, 0.25) is 0 Å². The molecule has 0 aliphatic heterocycles. The number of nitrogens with zero attached hydrogens (tertiary/aromatic N) is 4. The molecule has 19 heavy (non-hydrogen) atoms. The number of hydrogen-bond acceptors (Lipinski definition) is 4. The number of aryl methyl sites for hydroxylation is 1. The molecular formula is C14H21N5. The van der Waals surface area contributed by atoms with Gasteiger partial charge in [0.05, 0.1) is 29.8 Å². The quantitative estimate of drug-likeness (QED) is 0.917. The first-order valence-electron chi connectivity index (χ1n) is 6.58. The van der Waals surface area contributed by atoms with Gasteiger partial charge in [-0.15, -0.1) is 0 Å². The van der Waals surface area contributed by atoms with Crippen LogP contribution in [0.5, 0.6) is 0 Å². The maximum absolute atomic E-state index is 4.37. The predicted molar refractivity (Wildman–Crippen MR) is 76.0 cm³/mol. The standard InChI is InChI=1S/C14H21N5/c1-5-13-16-8-12(9-17-13)15-6-11-7-18-19(10-11)14(2,3)4/h7-10,15H,5-6H2,1-4H3. The molecule has 2 aromatic rings. The zero-order chi connectivity index (χ0) is 13.9. The zero-order valence-corrected chi connectivity index (χ0v) is 12.0. The van der Waals surface area contributed by atoms with E-state index in [1.54, 1.807) is 0 Å². The minimum atomic E-state index is 0.0180. The summed E-state index contributed by atoms with van der Waals surface area (Å²) < 4.78 is 1.97. The molecule has 0 unspecified atom stereocenters. The van der Waals surface area contributed by atoms with Gasteiger partial charge in [-0.2, -0.15) is 5.10 Å². The molecule has 0 bridgehead atoms. The normalized spacial score (nSPS) is 11.6. The van der Waals surface area contributed by atoms with Crippen LogP contribution in [0, 0.1) is 0 Å². The van der Waals surface area contributed by atoms with Crippen LogP contribution in [0.2, 0.25) is 0 Å². The maximum atomic E-state index is 4.37. The highest BCUT2D eigenvalue weighted by atomic mass is 15.3. The van der Waals surface area contributed by atoms with Crippen LogP contribution in [0.25, 0.3) is 0 Å². The Hall–Kier alpha value is -1.91. The summed E-state index contributed by atoms with van der Waals surface area (Å²) >= 11 is 0. The van der Waals surface area contributed by atoms with E-state index in [0.29, 0.717) is 0 Å². The predicted octanol–water partition coefficient (Wildman–Crippen LogP) is 2.60.